The van der Waals surface area contributed by atoms with Crippen LogP contribution in [0.25, 0.3) is 21.7 Å². The van der Waals surface area contributed by atoms with Gasteiger partial charge in [-0.1, -0.05) is 0 Å². The normalized spacial score (nSPS) is 11.8. The van der Waals surface area contributed by atoms with Gasteiger partial charge in [-0.3, -0.25) is 5.32 Å². The Morgan fingerprint density at radius 3 is 2.39 bits per heavy atom. The Labute approximate surface area is 220 Å². The Balaban J connectivity index is 2.11. The molecule has 2 amide bonds. The molecule has 0 radical (unpaired) electrons. The number of carboxylic acids is 1. The number of aromatic nitrogens is 3. The number of amides is 2. The van der Waals surface area contributed by atoms with Crippen LogP contribution in [0.15, 0.2) is 29.9 Å². The number of ether oxygens (including phenoxy) is 2. The lowest BCUT2D eigenvalue weighted by Crippen LogP contribution is -2.28. The van der Waals surface area contributed by atoms with Gasteiger partial charge in [0.15, 0.2) is 5.69 Å². The summed E-state index contributed by atoms with van der Waals surface area (Å²) in [5.74, 6) is -1.20. The maximum Gasteiger partial charge on any atom is 0.434 e. The number of aromatic carboxylic acids is 1. The van der Waals surface area contributed by atoms with Gasteiger partial charge in [0.25, 0.3) is 0 Å². The number of rotatable bonds is 9. The number of urea groups is 1. The van der Waals surface area contributed by atoms with Gasteiger partial charge in [-0.2, -0.15) is 13.2 Å². The van der Waals surface area contributed by atoms with E-state index >= 15 is 0 Å². The Kier molecular flexibility index (Phi) is 8.89. The molecular weight excluding hydrogens is 527 g/mol. The average Bonchev–Trinajstić information content (AvgIpc) is 3.32. The number of pyridine rings is 2. The zero-order valence-corrected chi connectivity index (χ0v) is 21.8. The molecule has 0 aliphatic carbocycles. The molecule has 0 spiro atoms. The molecule has 10 nitrogen and oxygen atoms in total. The highest BCUT2D eigenvalue weighted by Crippen LogP contribution is 2.40. The zero-order valence-electron chi connectivity index (χ0n) is 21.0. The van der Waals surface area contributed by atoms with Gasteiger partial charge in [0, 0.05) is 41.0 Å². The predicted molar refractivity (Wildman–Crippen MR) is 134 cm³/mol. The number of anilines is 1. The Morgan fingerprint density at radius 2 is 1.79 bits per heavy atom. The van der Waals surface area contributed by atoms with E-state index in [0.717, 1.165) is 22.9 Å². The monoisotopic (exact) mass is 553 g/mol. The first-order valence-electron chi connectivity index (χ1n) is 11.4. The highest BCUT2D eigenvalue weighted by atomic mass is 32.1. The molecule has 38 heavy (non-hydrogen) atoms. The van der Waals surface area contributed by atoms with Gasteiger partial charge in [-0.25, -0.2) is 24.5 Å². The van der Waals surface area contributed by atoms with Crippen molar-refractivity contribution >= 4 is 29.2 Å². The fourth-order valence-electron chi connectivity index (χ4n) is 3.13. The lowest BCUT2D eigenvalue weighted by atomic mass is 10.0. The van der Waals surface area contributed by atoms with Crippen molar-refractivity contribution in [2.24, 2.45) is 0 Å². The van der Waals surface area contributed by atoms with Gasteiger partial charge >= 0.3 is 18.2 Å². The summed E-state index contributed by atoms with van der Waals surface area (Å²) in [4.78, 5) is 35.7. The topological polar surface area (TPSA) is 136 Å². The molecule has 3 rings (SSSR count). The van der Waals surface area contributed by atoms with E-state index in [4.69, 9.17) is 9.47 Å². The van der Waals surface area contributed by atoms with Gasteiger partial charge in [-0.05, 0) is 39.8 Å². The van der Waals surface area contributed by atoms with E-state index in [1.54, 1.807) is 6.92 Å². The molecule has 3 aromatic heterocycles. The molecule has 204 valence electrons. The van der Waals surface area contributed by atoms with Gasteiger partial charge in [0.1, 0.15) is 17.4 Å². The number of carbonyl (C=O) groups is 2. The number of hydrogen-bond acceptors (Lipinski definition) is 8. The van der Waals surface area contributed by atoms with Crippen LogP contribution in [0.2, 0.25) is 0 Å². The standard InChI is InChI=1S/C24H26F3N5O5S/c1-5-28-22(35)32-18-9-15(20-31-17(12-38-20)24(25,26)27)16(11-29-18)14-8-13(21(33)34)10-30-19(14)36-6-7-37-23(2,3)4/h8-12H,5-7H2,1-4H3,(H,33,34)(H2,28,29,32,35). The first-order valence-corrected chi connectivity index (χ1v) is 12.2. The first kappa shape index (κ1) is 28.8. The second kappa shape index (κ2) is 11.7. The van der Waals surface area contributed by atoms with Crippen molar-refractivity contribution in [1.82, 2.24) is 20.3 Å². The van der Waals surface area contributed by atoms with E-state index in [1.807, 2.05) is 20.8 Å². The number of nitrogens with zero attached hydrogens (tertiary/aromatic N) is 3. The van der Waals surface area contributed by atoms with Crippen LogP contribution in [-0.4, -0.2) is 57.4 Å². The van der Waals surface area contributed by atoms with Crippen LogP contribution in [0, 0.1) is 0 Å². The summed E-state index contributed by atoms with van der Waals surface area (Å²) in [6.07, 6.45) is -2.28. The van der Waals surface area contributed by atoms with Gasteiger partial charge < -0.3 is 19.9 Å². The van der Waals surface area contributed by atoms with E-state index in [0.29, 0.717) is 6.54 Å². The van der Waals surface area contributed by atoms with E-state index in [9.17, 15) is 27.9 Å². The van der Waals surface area contributed by atoms with Gasteiger partial charge in [0.2, 0.25) is 5.88 Å². The molecule has 0 saturated carbocycles. The fourth-order valence-corrected chi connectivity index (χ4v) is 3.98. The summed E-state index contributed by atoms with van der Waals surface area (Å²) in [6, 6.07) is 2.07. The molecule has 0 fully saturated rings. The fraction of sp³-hybridized carbons (Fsp3) is 0.375. The molecule has 3 N–H and O–H groups in total. The molecule has 0 aliphatic heterocycles. The quantitative estimate of drug-likeness (QED) is 0.303. The van der Waals surface area contributed by atoms with Crippen LogP contribution in [0.4, 0.5) is 23.8 Å². The van der Waals surface area contributed by atoms with Crippen LogP contribution in [-0.2, 0) is 10.9 Å². The molecule has 3 aromatic rings. The Hall–Kier alpha value is -3.78. The third-order valence-corrected chi connectivity index (χ3v) is 5.63. The first-order chi connectivity index (χ1) is 17.8. The number of thiazole rings is 1. The van der Waals surface area contributed by atoms with Crippen LogP contribution in [0.5, 0.6) is 5.88 Å². The van der Waals surface area contributed by atoms with Crippen molar-refractivity contribution < 1.29 is 37.3 Å². The van der Waals surface area contributed by atoms with Crippen molar-refractivity contribution in [2.45, 2.75) is 39.5 Å². The van der Waals surface area contributed by atoms with Crippen molar-refractivity contribution in [1.29, 1.82) is 0 Å². The summed E-state index contributed by atoms with van der Waals surface area (Å²) in [6.45, 7) is 7.94. The summed E-state index contributed by atoms with van der Waals surface area (Å²) >= 11 is 0.732. The van der Waals surface area contributed by atoms with Crippen molar-refractivity contribution in [2.75, 3.05) is 25.1 Å². The SMILES string of the molecule is CCNC(=O)Nc1cc(-c2nc(C(F)(F)F)cs2)c(-c2cc(C(=O)O)cnc2OCCOC(C)(C)C)cn1. The third-order valence-electron chi connectivity index (χ3n) is 4.75. The second-order valence-corrected chi connectivity index (χ2v) is 9.68. The highest BCUT2D eigenvalue weighted by molar-refractivity contribution is 7.13. The largest absolute Gasteiger partial charge is 0.478 e. The lowest BCUT2D eigenvalue weighted by Gasteiger charge is -2.20. The van der Waals surface area contributed by atoms with Crippen LogP contribution < -0.4 is 15.4 Å². The van der Waals surface area contributed by atoms with Gasteiger partial charge in [0.05, 0.1) is 17.8 Å². The van der Waals surface area contributed by atoms with Crippen molar-refractivity contribution in [3.8, 4) is 27.6 Å². The van der Waals surface area contributed by atoms with E-state index in [1.165, 1.54) is 18.3 Å². The molecule has 0 saturated heterocycles. The summed E-state index contributed by atoms with van der Waals surface area (Å²) in [7, 11) is 0. The maximum absolute atomic E-state index is 13.3. The Morgan fingerprint density at radius 1 is 1.05 bits per heavy atom. The number of carboxylic acid groups (broad SMARTS) is 1. The summed E-state index contributed by atoms with van der Waals surface area (Å²) in [5.41, 5.74) is -1.16. The average molecular weight is 554 g/mol. The highest BCUT2D eigenvalue weighted by Gasteiger charge is 2.34. The second-order valence-electron chi connectivity index (χ2n) is 8.83. The van der Waals surface area contributed by atoms with E-state index in [-0.39, 0.29) is 52.2 Å². The van der Waals surface area contributed by atoms with Crippen LogP contribution in [0.1, 0.15) is 43.7 Å². The Bertz CT molecular complexity index is 1310. The minimum absolute atomic E-state index is 0.0209. The molecule has 0 atom stereocenters. The molecule has 14 heteroatoms. The van der Waals surface area contributed by atoms with Crippen molar-refractivity contribution in [3.05, 3.63) is 41.2 Å². The minimum Gasteiger partial charge on any atom is -0.478 e. The molecule has 0 bridgehead atoms. The predicted octanol–water partition coefficient (Wildman–Crippen LogP) is 5.32. The lowest BCUT2D eigenvalue weighted by molar-refractivity contribution is -0.140. The molecule has 0 unspecified atom stereocenters. The summed E-state index contributed by atoms with van der Waals surface area (Å²) < 4.78 is 51.3. The zero-order chi connectivity index (χ0) is 28.1. The van der Waals surface area contributed by atoms with Crippen LogP contribution >= 0.6 is 11.3 Å². The molecule has 0 aliphatic rings. The minimum atomic E-state index is -4.67. The molecule has 0 aromatic carbocycles. The van der Waals surface area contributed by atoms with Crippen molar-refractivity contribution in [3.63, 3.8) is 0 Å². The molecule has 3 heterocycles. The van der Waals surface area contributed by atoms with Crippen LogP contribution in [0.3, 0.4) is 0 Å². The number of carbonyl (C=O) groups excluding carboxylic acids is 1. The number of hydrogen-bond donors (Lipinski definition) is 3. The summed E-state index contributed by atoms with van der Waals surface area (Å²) in [5, 5.41) is 15.4. The number of halogens is 3. The van der Waals surface area contributed by atoms with E-state index in [2.05, 4.69) is 25.6 Å². The smallest absolute Gasteiger partial charge is 0.434 e. The number of alkyl halides is 3. The van der Waals surface area contributed by atoms with E-state index < -0.39 is 29.5 Å². The maximum atomic E-state index is 13.3. The third kappa shape index (κ3) is 7.61. The van der Waals surface area contributed by atoms with Gasteiger partial charge in [-0.15, -0.1) is 11.3 Å². The number of nitrogens with one attached hydrogen (secondary N) is 2. The molecular formula is C24H26F3N5O5S.